The number of hydrogen-bond donors (Lipinski definition) is 0. The third-order valence-electron chi connectivity index (χ3n) is 0. The van der Waals surface area contributed by atoms with E-state index in [1.807, 2.05) is 0 Å². The van der Waals surface area contributed by atoms with Crippen molar-refractivity contribution in [2.45, 2.75) is 0 Å². The summed E-state index contributed by atoms with van der Waals surface area (Å²) >= 11 is 0. The van der Waals surface area contributed by atoms with Crippen LogP contribution in [-0.2, 0) is 19.5 Å². The van der Waals surface area contributed by atoms with Crippen molar-refractivity contribution in [1.29, 1.82) is 0 Å². The predicted octanol–water partition coefficient (Wildman–Crippen LogP) is -3.30. The molecule has 5 heteroatoms. The van der Waals surface area contributed by atoms with E-state index in [1.54, 1.807) is 0 Å². The first-order valence-corrected chi connectivity index (χ1v) is 0. The first kappa shape index (κ1) is 507. The van der Waals surface area contributed by atoms with Crippen LogP contribution in [0, 0.1) is 0 Å². The summed E-state index contributed by atoms with van der Waals surface area (Å²) in [5.41, 5.74) is 0. The van der Waals surface area contributed by atoms with E-state index in [1.165, 1.54) is 0 Å². The third-order valence-corrected chi connectivity index (χ3v) is 0. The Morgan fingerprint density at radius 2 is 0.400 bits per heavy atom. The maximum absolute atomic E-state index is 0. The maximum atomic E-state index is 0. The van der Waals surface area contributed by atoms with Crippen molar-refractivity contribution in [1.82, 2.24) is 0 Å². The Balaban J connectivity index is 0. The van der Waals surface area contributed by atoms with Gasteiger partial charge in [-0.2, -0.15) is 0 Å². The number of rotatable bonds is 0. The van der Waals surface area contributed by atoms with Gasteiger partial charge in [0.25, 0.3) is 0 Å². The molecule has 0 atom stereocenters. The molecule has 5 heavy (non-hydrogen) atoms. The Labute approximate surface area is 42.2 Å². The van der Waals surface area contributed by atoms with Gasteiger partial charge in [0.05, 0.1) is 0 Å². The predicted molar refractivity (Wildman–Crippen MR) is 14.5 cm³/mol. The summed E-state index contributed by atoms with van der Waals surface area (Å²) in [6.07, 6.45) is 0. The zero-order valence-corrected chi connectivity index (χ0v) is 5.67. The molecule has 0 saturated heterocycles. The summed E-state index contributed by atoms with van der Waals surface area (Å²) in [5, 5.41) is 0. The van der Waals surface area contributed by atoms with Crippen LogP contribution in [0.5, 0.6) is 0 Å². The fourth-order valence-corrected chi connectivity index (χ4v) is 0. The zero-order valence-electron chi connectivity index (χ0n) is 2.71. The second-order valence-electron chi connectivity index (χ2n) is 0. The van der Waals surface area contributed by atoms with Crippen molar-refractivity contribution in [3.63, 3.8) is 0 Å². The Kier molecular flexibility index (Phi) is 25300. The quantitative estimate of drug-likeness (QED) is 0.310. The topological polar surface area (TPSA) is 126 Å². The molecule has 0 radical (unpaired) electrons. The van der Waals surface area contributed by atoms with E-state index < -0.39 is 0 Å². The minimum Gasteiger partial charge on any atom is -0.412 e. The summed E-state index contributed by atoms with van der Waals surface area (Å²) in [7, 11) is 0. The van der Waals surface area contributed by atoms with Gasteiger partial charge >= 0.3 is 19.5 Å². The average Bonchev–Trinajstić information content (AvgIpc) is 0. The van der Waals surface area contributed by atoms with Gasteiger partial charge in [0.2, 0.25) is 0 Å². The van der Waals surface area contributed by atoms with Crippen molar-refractivity contribution < 1.29 is 41.4 Å². The Morgan fingerprint density at radius 1 is 0.400 bits per heavy atom. The average molecular weight is 137 g/mol. The van der Waals surface area contributed by atoms with Crippen LogP contribution in [0.15, 0.2) is 0 Å². The van der Waals surface area contributed by atoms with Gasteiger partial charge in [-0.1, -0.05) is 0 Å². The minimum absolute atomic E-state index is 0. The molecule has 0 aliphatic carbocycles. The van der Waals surface area contributed by atoms with Crippen LogP contribution >= 0.6 is 0 Å². The minimum atomic E-state index is 0. The van der Waals surface area contributed by atoms with Crippen LogP contribution in [0.1, 0.15) is 0 Å². The van der Waals surface area contributed by atoms with Gasteiger partial charge in [-0.05, 0) is 0 Å². The van der Waals surface area contributed by atoms with Crippen LogP contribution in [0.2, 0.25) is 0 Å². The molecule has 4 nitrogen and oxygen atoms in total. The van der Waals surface area contributed by atoms with Gasteiger partial charge in [0, 0.05) is 0 Å². The second-order valence-corrected chi connectivity index (χ2v) is 0. The second kappa shape index (κ2) is 249. The zero-order chi connectivity index (χ0) is 0. The molecular formula is H8O4Zn+2. The molecule has 0 bridgehead atoms. The third kappa shape index (κ3) is 126. The SMILES string of the molecule is O.O.O.O.[Zn+2]. The van der Waals surface area contributed by atoms with Gasteiger partial charge in [-0.25, -0.2) is 0 Å². The van der Waals surface area contributed by atoms with Gasteiger partial charge in [0.15, 0.2) is 0 Å². The molecule has 0 aromatic rings. The van der Waals surface area contributed by atoms with Crippen LogP contribution in [0.3, 0.4) is 0 Å². The number of hydrogen-bond acceptors (Lipinski definition) is 0. The van der Waals surface area contributed by atoms with E-state index in [0.717, 1.165) is 0 Å². The van der Waals surface area contributed by atoms with Gasteiger partial charge < -0.3 is 21.9 Å². The Hall–Kier alpha value is 0.463. The van der Waals surface area contributed by atoms with Gasteiger partial charge in [-0.15, -0.1) is 0 Å². The van der Waals surface area contributed by atoms with E-state index in [4.69, 9.17) is 0 Å². The van der Waals surface area contributed by atoms with Crippen LogP contribution < -0.4 is 0 Å². The van der Waals surface area contributed by atoms with E-state index in [-0.39, 0.29) is 41.4 Å². The molecule has 0 saturated carbocycles. The molecule has 0 aromatic carbocycles. The molecule has 0 aliphatic rings. The fraction of sp³-hybridized carbons (Fsp3) is 0. The molecule has 0 rings (SSSR count). The van der Waals surface area contributed by atoms with Crippen molar-refractivity contribution in [2.75, 3.05) is 0 Å². The molecule has 0 amide bonds. The molecule has 32 valence electrons. The van der Waals surface area contributed by atoms with Gasteiger partial charge in [0.1, 0.15) is 0 Å². The van der Waals surface area contributed by atoms with Crippen molar-refractivity contribution in [2.24, 2.45) is 0 Å². The maximum Gasteiger partial charge on any atom is 2.00 e. The molecule has 0 aromatic heterocycles. The van der Waals surface area contributed by atoms with Crippen LogP contribution in [0.4, 0.5) is 0 Å². The monoisotopic (exact) mass is 136 g/mol. The molecule has 0 fully saturated rings. The molecule has 0 spiro atoms. The van der Waals surface area contributed by atoms with Crippen molar-refractivity contribution in [3.05, 3.63) is 0 Å². The molecule has 0 aliphatic heterocycles. The smallest absolute Gasteiger partial charge is 0.412 e. The largest absolute Gasteiger partial charge is 2.00 e. The summed E-state index contributed by atoms with van der Waals surface area (Å²) in [4.78, 5) is 0. The van der Waals surface area contributed by atoms with E-state index in [0.29, 0.717) is 0 Å². The first-order chi connectivity index (χ1) is 0. The van der Waals surface area contributed by atoms with E-state index in [2.05, 4.69) is 0 Å². The Bertz CT molecular complexity index is 3.61. The molecular weight excluding hydrogens is 129 g/mol. The summed E-state index contributed by atoms with van der Waals surface area (Å²) < 4.78 is 0. The molecule has 0 unspecified atom stereocenters. The summed E-state index contributed by atoms with van der Waals surface area (Å²) in [6.45, 7) is 0. The molecule has 8 N–H and O–H groups in total. The normalized spacial score (nSPS) is 0. The van der Waals surface area contributed by atoms with Gasteiger partial charge in [-0.3, -0.25) is 0 Å². The fourth-order valence-electron chi connectivity index (χ4n) is 0. The first-order valence-electron chi connectivity index (χ1n) is 0. The van der Waals surface area contributed by atoms with Crippen LogP contribution in [0.25, 0.3) is 0 Å². The Morgan fingerprint density at radius 3 is 0.400 bits per heavy atom. The summed E-state index contributed by atoms with van der Waals surface area (Å²) in [5.74, 6) is 0. The van der Waals surface area contributed by atoms with E-state index in [9.17, 15) is 0 Å². The standard InChI is InChI=1S/4H2O.Zn/h4*1H2;/q;;;;+2. The molecule has 0 heterocycles. The van der Waals surface area contributed by atoms with Crippen LogP contribution in [-0.4, -0.2) is 21.9 Å². The summed E-state index contributed by atoms with van der Waals surface area (Å²) in [6, 6.07) is 0. The van der Waals surface area contributed by atoms with Crippen molar-refractivity contribution >= 4 is 0 Å². The van der Waals surface area contributed by atoms with E-state index >= 15 is 0 Å². The van der Waals surface area contributed by atoms with Crippen molar-refractivity contribution in [3.8, 4) is 0 Å².